The van der Waals surface area contributed by atoms with E-state index in [1.807, 2.05) is 43.3 Å². The largest absolute Gasteiger partial charge is 0.334 e. The van der Waals surface area contributed by atoms with Crippen LogP contribution in [0.1, 0.15) is 27.3 Å². The van der Waals surface area contributed by atoms with E-state index in [1.165, 1.54) is 0 Å². The molecule has 0 spiro atoms. The predicted octanol–water partition coefficient (Wildman–Crippen LogP) is 3.59. The van der Waals surface area contributed by atoms with Gasteiger partial charge in [-0.3, -0.25) is 14.6 Å². The number of ether oxygens (including phenoxy) is 1. The number of pyridine rings is 1. The maximum absolute atomic E-state index is 13.5. The molecule has 128 valence electrons. The van der Waals surface area contributed by atoms with E-state index < -0.39 is 11.2 Å². The van der Waals surface area contributed by atoms with Gasteiger partial charge in [0.2, 0.25) is 11.4 Å². The maximum atomic E-state index is 13.5. The molecule has 3 aromatic rings. The van der Waals surface area contributed by atoms with Gasteiger partial charge in [-0.2, -0.15) is 0 Å². The van der Waals surface area contributed by atoms with Crippen LogP contribution in [0.25, 0.3) is 0 Å². The van der Waals surface area contributed by atoms with Gasteiger partial charge < -0.3 is 4.74 Å². The Bertz CT molecular complexity index is 971. The molecule has 0 amide bonds. The van der Waals surface area contributed by atoms with Crippen LogP contribution < -0.4 is 0 Å². The highest BCUT2D eigenvalue weighted by Gasteiger charge is 2.77. The number of hydrogen-bond donors (Lipinski definition) is 0. The third-order valence-corrected chi connectivity index (χ3v) is 4.77. The number of aryl methyl sites for hydroxylation is 1. The van der Waals surface area contributed by atoms with Crippen molar-refractivity contribution in [2.24, 2.45) is 0 Å². The second-order valence-electron chi connectivity index (χ2n) is 6.36. The number of hydrogen-bond acceptors (Lipinski definition) is 4. The van der Waals surface area contributed by atoms with Crippen molar-refractivity contribution >= 4 is 12.1 Å². The lowest BCUT2D eigenvalue weighted by Gasteiger charge is -2.16. The maximum Gasteiger partial charge on any atom is 0.214 e. The Hall–Kier alpha value is -3.11. The van der Waals surface area contributed by atoms with Gasteiger partial charge in [0.1, 0.15) is 0 Å². The van der Waals surface area contributed by atoms with E-state index in [1.54, 1.807) is 42.5 Å². The van der Waals surface area contributed by atoms with E-state index in [0.29, 0.717) is 23.1 Å². The Morgan fingerprint density at radius 2 is 1.58 bits per heavy atom. The zero-order chi connectivity index (χ0) is 18.2. The summed E-state index contributed by atoms with van der Waals surface area (Å²) < 4.78 is 6.00. The van der Waals surface area contributed by atoms with Crippen LogP contribution >= 0.6 is 0 Å². The molecule has 4 rings (SSSR count). The highest BCUT2D eigenvalue weighted by atomic mass is 16.6. The lowest BCUT2D eigenvalue weighted by Crippen LogP contribution is -2.33. The van der Waals surface area contributed by atoms with Gasteiger partial charge in [-0.05, 0) is 24.6 Å². The summed E-state index contributed by atoms with van der Waals surface area (Å²) in [6.07, 6.45) is 0.715. The van der Waals surface area contributed by atoms with Crippen molar-refractivity contribution in [2.75, 3.05) is 0 Å². The predicted molar refractivity (Wildman–Crippen MR) is 96.7 cm³/mol. The number of nitrogens with zero attached hydrogens (tertiary/aromatic N) is 1. The van der Waals surface area contributed by atoms with Gasteiger partial charge in [-0.25, -0.2) is 0 Å². The molecule has 1 aliphatic rings. The van der Waals surface area contributed by atoms with Crippen molar-refractivity contribution in [1.29, 1.82) is 0 Å². The van der Waals surface area contributed by atoms with Crippen LogP contribution in [-0.2, 0) is 20.7 Å². The van der Waals surface area contributed by atoms with E-state index in [4.69, 9.17) is 4.74 Å². The number of aromatic nitrogens is 1. The Labute approximate surface area is 151 Å². The second kappa shape index (κ2) is 6.00. The molecular weight excluding hydrogens is 326 g/mol. The standard InChI is InChI=1S/C22H17NO3/c1-16-9-8-14-19(23-16)22(20(25)17-10-4-2-5-11-17)21(15-24,26-22)18-12-6-3-7-13-18/h2-15H,1H3/t21-,22+/m1/s1. The average Bonchev–Trinajstić information content (AvgIpc) is 3.41. The molecule has 1 aliphatic heterocycles. The van der Waals surface area contributed by atoms with E-state index in [0.717, 1.165) is 5.69 Å². The molecular formula is C22H17NO3. The normalized spacial score (nSPS) is 24.0. The molecule has 0 radical (unpaired) electrons. The monoisotopic (exact) mass is 343 g/mol. The summed E-state index contributed by atoms with van der Waals surface area (Å²) in [6, 6.07) is 23.4. The van der Waals surface area contributed by atoms with Crippen molar-refractivity contribution in [3.05, 3.63) is 101 Å². The summed E-state index contributed by atoms with van der Waals surface area (Å²) in [5, 5.41) is 0. The molecule has 4 heteroatoms. The molecule has 2 atom stereocenters. The quantitative estimate of drug-likeness (QED) is 0.403. The Balaban J connectivity index is 1.93. The van der Waals surface area contributed by atoms with E-state index in [-0.39, 0.29) is 5.78 Å². The highest BCUT2D eigenvalue weighted by molar-refractivity contribution is 6.09. The first-order valence-electron chi connectivity index (χ1n) is 8.40. The van der Waals surface area contributed by atoms with Crippen molar-refractivity contribution < 1.29 is 14.3 Å². The van der Waals surface area contributed by atoms with Crippen molar-refractivity contribution in [2.45, 2.75) is 18.1 Å². The molecule has 0 N–H and O–H groups in total. The van der Waals surface area contributed by atoms with Gasteiger partial charge in [0.05, 0.1) is 5.69 Å². The van der Waals surface area contributed by atoms with Crippen LogP contribution in [0.4, 0.5) is 0 Å². The summed E-state index contributed by atoms with van der Waals surface area (Å²) in [5.41, 5.74) is -0.503. The Kier molecular flexibility index (Phi) is 3.78. The van der Waals surface area contributed by atoms with Crippen LogP contribution in [-0.4, -0.2) is 17.1 Å². The summed E-state index contributed by atoms with van der Waals surface area (Å²) in [4.78, 5) is 30.2. The minimum absolute atomic E-state index is 0.271. The van der Waals surface area contributed by atoms with Crippen LogP contribution in [0.2, 0.25) is 0 Å². The molecule has 0 bridgehead atoms. The summed E-state index contributed by atoms with van der Waals surface area (Å²) in [6.45, 7) is 1.84. The van der Waals surface area contributed by atoms with Gasteiger partial charge in [-0.1, -0.05) is 66.7 Å². The molecule has 0 aliphatic carbocycles. The van der Waals surface area contributed by atoms with Crippen molar-refractivity contribution in [3.63, 3.8) is 0 Å². The fraction of sp³-hybridized carbons (Fsp3) is 0.136. The zero-order valence-electron chi connectivity index (χ0n) is 14.3. The molecule has 2 heterocycles. The molecule has 1 saturated heterocycles. The van der Waals surface area contributed by atoms with Gasteiger partial charge in [-0.15, -0.1) is 0 Å². The third-order valence-electron chi connectivity index (χ3n) is 4.77. The fourth-order valence-corrected chi connectivity index (χ4v) is 3.44. The highest BCUT2D eigenvalue weighted by Crippen LogP contribution is 2.62. The fourth-order valence-electron chi connectivity index (χ4n) is 3.44. The number of Topliss-reactive ketones (excluding diaryl/α,β-unsaturated/α-hetero) is 1. The lowest BCUT2D eigenvalue weighted by molar-refractivity contribution is -0.112. The number of carbonyl (C=O) groups is 2. The van der Waals surface area contributed by atoms with E-state index in [2.05, 4.69) is 4.98 Å². The first-order valence-corrected chi connectivity index (χ1v) is 8.40. The number of benzene rings is 2. The number of aldehydes is 1. The van der Waals surface area contributed by atoms with E-state index in [9.17, 15) is 9.59 Å². The molecule has 26 heavy (non-hydrogen) atoms. The van der Waals surface area contributed by atoms with Gasteiger partial charge in [0.15, 0.2) is 11.9 Å². The summed E-state index contributed by atoms with van der Waals surface area (Å²) >= 11 is 0. The number of carbonyl (C=O) groups excluding carboxylic acids is 2. The Morgan fingerprint density at radius 1 is 0.923 bits per heavy atom. The van der Waals surface area contributed by atoms with Crippen molar-refractivity contribution in [3.8, 4) is 0 Å². The van der Waals surface area contributed by atoms with Crippen molar-refractivity contribution in [1.82, 2.24) is 4.98 Å². The zero-order valence-corrected chi connectivity index (χ0v) is 14.3. The molecule has 4 nitrogen and oxygen atoms in total. The summed E-state index contributed by atoms with van der Waals surface area (Å²) in [5.74, 6) is -0.271. The number of epoxide rings is 1. The van der Waals surface area contributed by atoms with Crippen LogP contribution in [0, 0.1) is 6.92 Å². The Morgan fingerprint density at radius 3 is 2.19 bits per heavy atom. The van der Waals surface area contributed by atoms with Crippen LogP contribution in [0.5, 0.6) is 0 Å². The minimum atomic E-state index is -1.45. The molecule has 0 saturated carbocycles. The molecule has 0 unspecified atom stereocenters. The first-order chi connectivity index (χ1) is 12.6. The minimum Gasteiger partial charge on any atom is -0.334 e. The molecule has 2 aromatic carbocycles. The summed E-state index contributed by atoms with van der Waals surface area (Å²) in [7, 11) is 0. The lowest BCUT2D eigenvalue weighted by atomic mass is 9.79. The number of rotatable bonds is 5. The van der Waals surface area contributed by atoms with Gasteiger partial charge >= 0.3 is 0 Å². The first kappa shape index (κ1) is 16.4. The van der Waals surface area contributed by atoms with E-state index >= 15 is 0 Å². The molecule has 1 aromatic heterocycles. The van der Waals surface area contributed by atoms with Crippen LogP contribution in [0.3, 0.4) is 0 Å². The van der Waals surface area contributed by atoms with Crippen LogP contribution in [0.15, 0.2) is 78.9 Å². The average molecular weight is 343 g/mol. The molecule has 1 fully saturated rings. The topological polar surface area (TPSA) is 59.6 Å². The third kappa shape index (κ3) is 2.23. The smallest absolute Gasteiger partial charge is 0.214 e. The number of ketones is 1. The van der Waals surface area contributed by atoms with Gasteiger partial charge in [0.25, 0.3) is 0 Å². The van der Waals surface area contributed by atoms with Gasteiger partial charge in [0, 0.05) is 11.3 Å². The second-order valence-corrected chi connectivity index (χ2v) is 6.36. The SMILES string of the molecule is Cc1cccc([C@@]2(C(=O)c3ccccc3)O[C@]2(C=O)c2ccccc2)n1.